The Morgan fingerprint density at radius 2 is 2.00 bits per heavy atom. The van der Waals surface area contributed by atoms with Crippen molar-refractivity contribution in [2.75, 3.05) is 6.26 Å². The average Bonchev–Trinajstić information content (AvgIpc) is 3.12. The summed E-state index contributed by atoms with van der Waals surface area (Å²) in [6, 6.07) is 7.09. The van der Waals surface area contributed by atoms with Gasteiger partial charge in [-0.05, 0) is 17.7 Å². The lowest BCUT2D eigenvalue weighted by Crippen LogP contribution is -2.34. The third-order valence-corrected chi connectivity index (χ3v) is 4.99. The first-order valence-corrected chi connectivity index (χ1v) is 9.41. The van der Waals surface area contributed by atoms with Crippen molar-refractivity contribution in [3.63, 3.8) is 0 Å². The van der Waals surface area contributed by atoms with Crippen LogP contribution in [-0.2, 0) is 23.9 Å². The van der Waals surface area contributed by atoms with E-state index in [-0.39, 0.29) is 6.03 Å². The van der Waals surface area contributed by atoms with Crippen molar-refractivity contribution >= 4 is 33.1 Å². The molecule has 1 aromatic carbocycles. The summed E-state index contributed by atoms with van der Waals surface area (Å²) in [6.45, 7) is 0.800. The number of aromatic nitrogens is 2. The zero-order valence-electron chi connectivity index (χ0n) is 12.5. The van der Waals surface area contributed by atoms with Crippen LogP contribution in [-0.4, -0.2) is 25.9 Å². The van der Waals surface area contributed by atoms with Gasteiger partial charge in [-0.25, -0.2) is 9.78 Å². The van der Waals surface area contributed by atoms with Crippen LogP contribution >= 0.6 is 11.3 Å². The van der Waals surface area contributed by atoms with Crippen molar-refractivity contribution in [2.24, 2.45) is 0 Å². The monoisotopic (exact) mass is 348 g/mol. The average molecular weight is 348 g/mol. The van der Waals surface area contributed by atoms with Gasteiger partial charge >= 0.3 is 6.03 Å². The van der Waals surface area contributed by atoms with Crippen molar-refractivity contribution in [3.05, 3.63) is 53.3 Å². The van der Waals surface area contributed by atoms with E-state index in [0.717, 1.165) is 21.1 Å². The molecule has 0 aliphatic rings. The number of carbonyl (C=O) groups is 1. The first-order valence-electron chi connectivity index (χ1n) is 6.97. The Morgan fingerprint density at radius 1 is 1.26 bits per heavy atom. The molecule has 3 rings (SSSR count). The van der Waals surface area contributed by atoms with Crippen molar-refractivity contribution in [2.45, 2.75) is 18.0 Å². The minimum Gasteiger partial charge on any atom is -0.334 e. The molecular formula is C15H16N4O2S2. The molecule has 2 aromatic heterocycles. The molecule has 0 saturated carbocycles. The Labute approximate surface area is 140 Å². The molecule has 3 aromatic rings. The normalized spacial score (nSPS) is 12.2. The molecule has 120 valence electrons. The lowest BCUT2D eigenvalue weighted by Gasteiger charge is -2.07. The molecule has 0 bridgehead atoms. The molecule has 0 aliphatic heterocycles. The largest absolute Gasteiger partial charge is 0.334 e. The van der Waals surface area contributed by atoms with E-state index in [1.165, 1.54) is 0 Å². The third-order valence-electron chi connectivity index (χ3n) is 3.28. The van der Waals surface area contributed by atoms with Crippen LogP contribution in [0.5, 0.6) is 0 Å². The number of hydrogen-bond acceptors (Lipinski definition) is 4. The van der Waals surface area contributed by atoms with Crippen LogP contribution in [0.3, 0.4) is 0 Å². The number of imidazole rings is 1. The van der Waals surface area contributed by atoms with Crippen LogP contribution in [0.2, 0.25) is 0 Å². The van der Waals surface area contributed by atoms with Crippen LogP contribution in [0, 0.1) is 0 Å². The molecule has 0 spiro atoms. The van der Waals surface area contributed by atoms with Gasteiger partial charge in [0.2, 0.25) is 0 Å². The topological polar surface area (TPSA) is 75.5 Å². The number of nitrogens with zero attached hydrogens (tertiary/aromatic N) is 2. The number of benzene rings is 1. The second kappa shape index (κ2) is 6.93. The maximum Gasteiger partial charge on any atom is 0.315 e. The quantitative estimate of drug-likeness (QED) is 0.742. The van der Waals surface area contributed by atoms with Crippen LogP contribution in [0.25, 0.3) is 4.96 Å². The van der Waals surface area contributed by atoms with Crippen LogP contribution in [0.4, 0.5) is 4.79 Å². The van der Waals surface area contributed by atoms with Crippen LogP contribution in [0.1, 0.15) is 11.3 Å². The van der Waals surface area contributed by atoms with Crippen molar-refractivity contribution < 1.29 is 9.00 Å². The SMILES string of the molecule is C[S@@](=O)c1ccc(CNC(=O)NCc2cn3ccsc3n2)cc1. The molecule has 2 N–H and O–H groups in total. The second-order valence-electron chi connectivity index (χ2n) is 4.96. The number of amides is 2. The molecule has 0 fully saturated rings. The molecule has 6 nitrogen and oxygen atoms in total. The van der Waals surface area contributed by atoms with Gasteiger partial charge in [-0.3, -0.25) is 8.61 Å². The van der Waals surface area contributed by atoms with E-state index >= 15 is 0 Å². The number of hydrogen-bond donors (Lipinski definition) is 2. The Morgan fingerprint density at radius 3 is 2.70 bits per heavy atom. The van der Waals surface area contributed by atoms with E-state index in [4.69, 9.17) is 0 Å². The fraction of sp³-hybridized carbons (Fsp3) is 0.200. The highest BCUT2D eigenvalue weighted by Crippen LogP contribution is 2.11. The highest BCUT2D eigenvalue weighted by molar-refractivity contribution is 7.84. The van der Waals surface area contributed by atoms with Crippen molar-refractivity contribution in [1.82, 2.24) is 20.0 Å². The Balaban J connectivity index is 1.47. The third kappa shape index (κ3) is 3.96. The number of carbonyl (C=O) groups excluding carboxylic acids is 1. The highest BCUT2D eigenvalue weighted by Gasteiger charge is 2.05. The van der Waals surface area contributed by atoms with Gasteiger partial charge < -0.3 is 10.6 Å². The number of rotatable bonds is 5. The van der Waals surface area contributed by atoms with E-state index < -0.39 is 10.8 Å². The molecule has 0 radical (unpaired) electrons. The van der Waals surface area contributed by atoms with Gasteiger partial charge in [0.15, 0.2) is 4.96 Å². The highest BCUT2D eigenvalue weighted by atomic mass is 32.2. The molecule has 1 atom stereocenters. The summed E-state index contributed by atoms with van der Waals surface area (Å²) in [4.78, 5) is 17.9. The molecule has 0 unspecified atom stereocenters. The van der Waals surface area contributed by atoms with Crippen LogP contribution < -0.4 is 10.6 Å². The summed E-state index contributed by atoms with van der Waals surface area (Å²) in [7, 11) is -0.985. The van der Waals surface area contributed by atoms with E-state index in [2.05, 4.69) is 15.6 Å². The summed E-state index contributed by atoms with van der Waals surface area (Å²) in [5.74, 6) is 0. The van der Waals surface area contributed by atoms with Crippen molar-refractivity contribution in [3.8, 4) is 0 Å². The summed E-state index contributed by atoms with van der Waals surface area (Å²) in [6.07, 6.45) is 5.47. The van der Waals surface area contributed by atoms with Gasteiger partial charge in [-0.2, -0.15) is 0 Å². The molecule has 8 heteroatoms. The molecule has 2 amide bonds. The summed E-state index contributed by atoms with van der Waals surface area (Å²) < 4.78 is 13.2. The second-order valence-corrected chi connectivity index (χ2v) is 7.21. The smallest absolute Gasteiger partial charge is 0.315 e. The standard InChI is InChI=1S/C15H16N4O2S2/c1-23(21)13-4-2-11(3-5-13)8-16-14(20)17-9-12-10-19-6-7-22-15(19)18-12/h2-7,10H,8-9H2,1H3,(H2,16,17,20)/t23-/m1/s1. The zero-order valence-corrected chi connectivity index (χ0v) is 14.1. The summed E-state index contributed by atoms with van der Waals surface area (Å²) in [5, 5.41) is 7.53. The van der Waals surface area contributed by atoms with E-state index in [1.54, 1.807) is 17.6 Å². The number of urea groups is 1. The van der Waals surface area contributed by atoms with E-state index in [9.17, 15) is 9.00 Å². The van der Waals surface area contributed by atoms with E-state index in [1.807, 2.05) is 46.4 Å². The van der Waals surface area contributed by atoms with Gasteiger partial charge in [0.05, 0.1) is 12.2 Å². The molecule has 23 heavy (non-hydrogen) atoms. The van der Waals surface area contributed by atoms with Gasteiger partial charge in [-0.1, -0.05) is 12.1 Å². The first kappa shape index (κ1) is 15.7. The molecule has 0 saturated heterocycles. The summed E-state index contributed by atoms with van der Waals surface area (Å²) >= 11 is 1.55. The van der Waals surface area contributed by atoms with E-state index in [0.29, 0.717) is 13.1 Å². The number of fused-ring (bicyclic) bond motifs is 1. The van der Waals surface area contributed by atoms with Crippen LogP contribution in [0.15, 0.2) is 46.9 Å². The fourth-order valence-corrected chi connectivity index (χ4v) is 3.31. The number of thiazole rings is 1. The summed E-state index contributed by atoms with van der Waals surface area (Å²) in [5.41, 5.74) is 1.78. The van der Waals surface area contributed by atoms with Gasteiger partial charge in [0.25, 0.3) is 0 Å². The van der Waals surface area contributed by atoms with Gasteiger partial charge in [-0.15, -0.1) is 11.3 Å². The Hall–Kier alpha value is -2.19. The predicted octanol–water partition coefficient (Wildman–Crippen LogP) is 2.13. The molecular weight excluding hydrogens is 332 g/mol. The van der Waals surface area contributed by atoms with Gasteiger partial charge in [0, 0.05) is 46.3 Å². The lowest BCUT2D eigenvalue weighted by molar-refractivity contribution is 0.240. The minimum absolute atomic E-state index is 0.246. The lowest BCUT2D eigenvalue weighted by atomic mass is 10.2. The molecule has 2 heterocycles. The van der Waals surface area contributed by atoms with Gasteiger partial charge in [0.1, 0.15) is 0 Å². The van der Waals surface area contributed by atoms with Crippen molar-refractivity contribution in [1.29, 1.82) is 0 Å². The Kier molecular flexibility index (Phi) is 4.73. The zero-order chi connectivity index (χ0) is 16.2. The number of nitrogens with one attached hydrogen (secondary N) is 2. The minimum atomic E-state index is -0.985. The Bertz CT molecular complexity index is 810. The maximum absolute atomic E-state index is 11.8. The predicted molar refractivity (Wildman–Crippen MR) is 90.9 cm³/mol. The fourth-order valence-electron chi connectivity index (χ4n) is 2.08. The first-order chi connectivity index (χ1) is 11.1. The molecule has 0 aliphatic carbocycles. The maximum atomic E-state index is 11.8.